The van der Waals surface area contributed by atoms with Crippen LogP contribution in [0.1, 0.15) is 5.82 Å². The molecule has 0 amide bonds. The second-order valence-corrected chi connectivity index (χ2v) is 2.51. The van der Waals surface area contributed by atoms with E-state index in [2.05, 4.69) is 9.97 Å². The highest BCUT2D eigenvalue weighted by atomic mass is 16.3. The fourth-order valence-corrected chi connectivity index (χ4v) is 1.04. The van der Waals surface area contributed by atoms with Crippen LogP contribution in [0.5, 0.6) is 0 Å². The van der Waals surface area contributed by atoms with Gasteiger partial charge in [-0.1, -0.05) is 0 Å². The molecule has 2 heterocycles. The van der Waals surface area contributed by atoms with Crippen LogP contribution in [0.3, 0.4) is 0 Å². The Balaban J connectivity index is 2.46. The van der Waals surface area contributed by atoms with Crippen LogP contribution in [0.15, 0.2) is 22.9 Å². The van der Waals surface area contributed by atoms with Gasteiger partial charge in [-0.05, 0) is 12.6 Å². The summed E-state index contributed by atoms with van der Waals surface area (Å²) in [5.41, 5.74) is 6.00. The summed E-state index contributed by atoms with van der Waals surface area (Å²) >= 11 is 0. The second-order valence-electron chi connectivity index (χ2n) is 2.51. The van der Waals surface area contributed by atoms with Gasteiger partial charge < -0.3 is 10.2 Å². The minimum Gasteiger partial charge on any atom is -0.446 e. The van der Waals surface area contributed by atoms with Crippen molar-refractivity contribution in [1.29, 1.82) is 0 Å². The number of nitrogens with two attached hydrogens (primary N) is 1. The van der Waals surface area contributed by atoms with Crippen LogP contribution < -0.4 is 5.73 Å². The predicted octanol–water partition coefficient (Wildman–Crippen LogP) is 0.724. The average Bonchev–Trinajstić information content (AvgIpc) is 2.51. The monoisotopic (exact) mass is 163 g/mol. The van der Waals surface area contributed by atoms with E-state index in [1.54, 1.807) is 12.5 Å². The van der Waals surface area contributed by atoms with Crippen molar-refractivity contribution >= 4 is 11.1 Å². The van der Waals surface area contributed by atoms with Crippen molar-refractivity contribution in [2.75, 3.05) is 6.54 Å². The van der Waals surface area contributed by atoms with Gasteiger partial charge in [0.2, 0.25) is 5.71 Å². The Hall–Kier alpha value is -1.42. The van der Waals surface area contributed by atoms with Gasteiger partial charge in [0.25, 0.3) is 0 Å². The van der Waals surface area contributed by atoms with Gasteiger partial charge in [-0.25, -0.2) is 4.98 Å². The maximum absolute atomic E-state index is 5.37. The SMILES string of the molecule is NCCc1ncc2ccoc2n1. The van der Waals surface area contributed by atoms with Gasteiger partial charge in [-0.3, -0.25) is 0 Å². The third-order valence-electron chi connectivity index (χ3n) is 1.63. The van der Waals surface area contributed by atoms with Crippen molar-refractivity contribution in [1.82, 2.24) is 9.97 Å². The number of hydrogen-bond donors (Lipinski definition) is 1. The van der Waals surface area contributed by atoms with Crippen LogP contribution in [0.4, 0.5) is 0 Å². The Kier molecular flexibility index (Phi) is 1.75. The number of furan rings is 1. The van der Waals surface area contributed by atoms with Gasteiger partial charge in [0.15, 0.2) is 0 Å². The minimum atomic E-state index is 0.562. The van der Waals surface area contributed by atoms with Crippen molar-refractivity contribution in [3.63, 3.8) is 0 Å². The predicted molar refractivity (Wildman–Crippen MR) is 44.6 cm³/mol. The van der Waals surface area contributed by atoms with Gasteiger partial charge in [-0.2, -0.15) is 4.98 Å². The molecule has 12 heavy (non-hydrogen) atoms. The zero-order chi connectivity index (χ0) is 8.39. The summed E-state index contributed by atoms with van der Waals surface area (Å²) in [6.45, 7) is 0.562. The van der Waals surface area contributed by atoms with E-state index in [1.165, 1.54) is 0 Å². The molecular formula is C8H9N3O. The first-order valence-corrected chi connectivity index (χ1v) is 3.79. The molecule has 0 fully saturated rings. The molecule has 0 aliphatic carbocycles. The summed E-state index contributed by atoms with van der Waals surface area (Å²) in [5.74, 6) is 0.736. The van der Waals surface area contributed by atoms with Crippen LogP contribution in [-0.2, 0) is 6.42 Å². The molecule has 0 spiro atoms. The molecule has 0 bridgehead atoms. The standard InChI is InChI=1S/C8H9N3O/c9-3-1-7-10-5-6-2-4-12-8(6)11-7/h2,4-5H,1,3,9H2. The van der Waals surface area contributed by atoms with E-state index in [-0.39, 0.29) is 0 Å². The van der Waals surface area contributed by atoms with Gasteiger partial charge in [0, 0.05) is 12.6 Å². The van der Waals surface area contributed by atoms with E-state index >= 15 is 0 Å². The van der Waals surface area contributed by atoms with Crippen LogP contribution >= 0.6 is 0 Å². The Morgan fingerprint density at radius 2 is 2.42 bits per heavy atom. The Labute approximate surface area is 69.4 Å². The van der Waals surface area contributed by atoms with Gasteiger partial charge in [0.05, 0.1) is 11.6 Å². The van der Waals surface area contributed by atoms with E-state index in [9.17, 15) is 0 Å². The fourth-order valence-electron chi connectivity index (χ4n) is 1.04. The van der Waals surface area contributed by atoms with E-state index < -0.39 is 0 Å². The molecule has 2 aromatic rings. The van der Waals surface area contributed by atoms with E-state index in [4.69, 9.17) is 10.2 Å². The van der Waals surface area contributed by atoms with Gasteiger partial charge in [0.1, 0.15) is 5.82 Å². The van der Waals surface area contributed by atoms with Crippen molar-refractivity contribution in [3.8, 4) is 0 Å². The van der Waals surface area contributed by atoms with E-state index in [0.29, 0.717) is 18.7 Å². The van der Waals surface area contributed by atoms with Crippen LogP contribution in [0.25, 0.3) is 11.1 Å². The summed E-state index contributed by atoms with van der Waals surface area (Å²) in [7, 11) is 0. The van der Waals surface area contributed by atoms with E-state index in [0.717, 1.165) is 11.2 Å². The lowest BCUT2D eigenvalue weighted by atomic mass is 10.4. The second kappa shape index (κ2) is 2.91. The highest BCUT2D eigenvalue weighted by Crippen LogP contribution is 2.10. The molecule has 2 aromatic heterocycles. The van der Waals surface area contributed by atoms with Crippen LogP contribution in [0.2, 0.25) is 0 Å². The quantitative estimate of drug-likeness (QED) is 0.708. The topological polar surface area (TPSA) is 64.9 Å². The summed E-state index contributed by atoms with van der Waals surface area (Å²) in [6, 6.07) is 1.83. The maximum Gasteiger partial charge on any atom is 0.229 e. The average molecular weight is 163 g/mol. The smallest absolute Gasteiger partial charge is 0.229 e. The lowest BCUT2D eigenvalue weighted by Crippen LogP contribution is -2.05. The molecule has 0 atom stereocenters. The number of rotatable bonds is 2. The molecule has 4 nitrogen and oxygen atoms in total. The molecule has 62 valence electrons. The van der Waals surface area contributed by atoms with Gasteiger partial charge in [-0.15, -0.1) is 0 Å². The van der Waals surface area contributed by atoms with Crippen LogP contribution in [-0.4, -0.2) is 16.5 Å². The molecule has 0 unspecified atom stereocenters. The molecule has 0 radical (unpaired) electrons. The highest BCUT2D eigenvalue weighted by molar-refractivity contribution is 5.71. The first-order chi connectivity index (χ1) is 5.90. The number of fused-ring (bicyclic) bond motifs is 1. The maximum atomic E-state index is 5.37. The number of aromatic nitrogens is 2. The molecular weight excluding hydrogens is 154 g/mol. The Morgan fingerprint density at radius 1 is 1.50 bits per heavy atom. The largest absolute Gasteiger partial charge is 0.446 e. The van der Waals surface area contributed by atoms with Crippen LogP contribution in [0, 0.1) is 0 Å². The summed E-state index contributed by atoms with van der Waals surface area (Å²) < 4.78 is 5.11. The Morgan fingerprint density at radius 3 is 3.25 bits per heavy atom. The summed E-state index contributed by atoms with van der Waals surface area (Å²) in [4.78, 5) is 8.28. The molecule has 4 heteroatoms. The first kappa shape index (κ1) is 7.24. The van der Waals surface area contributed by atoms with Crippen molar-refractivity contribution in [3.05, 3.63) is 24.4 Å². The van der Waals surface area contributed by atoms with Crippen molar-refractivity contribution in [2.45, 2.75) is 6.42 Å². The number of hydrogen-bond acceptors (Lipinski definition) is 4. The molecule has 0 saturated carbocycles. The highest BCUT2D eigenvalue weighted by Gasteiger charge is 2.00. The zero-order valence-corrected chi connectivity index (χ0v) is 6.53. The normalized spacial score (nSPS) is 10.8. The molecule has 0 aromatic carbocycles. The lowest BCUT2D eigenvalue weighted by Gasteiger charge is -1.94. The molecule has 2 rings (SSSR count). The summed E-state index contributed by atoms with van der Waals surface area (Å²) in [5, 5.41) is 0.927. The third-order valence-corrected chi connectivity index (χ3v) is 1.63. The fraction of sp³-hybridized carbons (Fsp3) is 0.250. The van der Waals surface area contributed by atoms with Crippen molar-refractivity contribution in [2.24, 2.45) is 5.73 Å². The van der Waals surface area contributed by atoms with Gasteiger partial charge >= 0.3 is 0 Å². The summed E-state index contributed by atoms with van der Waals surface area (Å²) in [6.07, 6.45) is 4.04. The molecule has 0 saturated heterocycles. The van der Waals surface area contributed by atoms with Crippen molar-refractivity contribution < 1.29 is 4.42 Å². The zero-order valence-electron chi connectivity index (χ0n) is 6.53. The lowest BCUT2D eigenvalue weighted by molar-refractivity contribution is 0.599. The first-order valence-electron chi connectivity index (χ1n) is 3.79. The molecule has 2 N–H and O–H groups in total. The van der Waals surface area contributed by atoms with E-state index in [1.807, 2.05) is 6.07 Å². The molecule has 0 aliphatic heterocycles. The number of nitrogens with zero attached hydrogens (tertiary/aromatic N) is 2. The molecule has 0 aliphatic rings. The third kappa shape index (κ3) is 1.16. The Bertz CT molecular complexity index is 382. The minimum absolute atomic E-state index is 0.562.